The molecule has 4 nitrogen and oxygen atoms in total. The smallest absolute Gasteiger partial charge is 0.231 e. The van der Waals surface area contributed by atoms with E-state index in [1.165, 1.54) is 5.56 Å². The normalized spacial score (nSPS) is 12.3. The van der Waals surface area contributed by atoms with Crippen LogP contribution in [0.3, 0.4) is 0 Å². The zero-order chi connectivity index (χ0) is 14.8. The van der Waals surface area contributed by atoms with E-state index in [9.17, 15) is 0 Å². The van der Waals surface area contributed by atoms with Gasteiger partial charge in [-0.3, -0.25) is 0 Å². The summed E-state index contributed by atoms with van der Waals surface area (Å²) < 4.78 is 16.0. The van der Waals surface area contributed by atoms with Gasteiger partial charge in [0.1, 0.15) is 5.75 Å². The van der Waals surface area contributed by atoms with E-state index in [1.807, 2.05) is 18.2 Å². The number of aryl methyl sites for hydroxylation is 1. The van der Waals surface area contributed by atoms with Crippen molar-refractivity contribution < 1.29 is 14.2 Å². The monoisotopic (exact) mass is 305 g/mol. The van der Waals surface area contributed by atoms with Crippen molar-refractivity contribution in [3.05, 3.63) is 46.5 Å². The van der Waals surface area contributed by atoms with Crippen molar-refractivity contribution in [2.45, 2.75) is 13.5 Å². The second-order valence-electron chi connectivity index (χ2n) is 4.85. The van der Waals surface area contributed by atoms with E-state index >= 15 is 0 Å². The number of hydrogen-bond donors (Lipinski definition) is 1. The second-order valence-corrected chi connectivity index (χ2v) is 5.26. The van der Waals surface area contributed by atoms with Crippen LogP contribution in [0.4, 0.5) is 5.69 Å². The van der Waals surface area contributed by atoms with Crippen LogP contribution < -0.4 is 19.5 Å². The quantitative estimate of drug-likeness (QED) is 0.927. The molecule has 1 aliphatic heterocycles. The van der Waals surface area contributed by atoms with Crippen molar-refractivity contribution in [1.29, 1.82) is 0 Å². The molecule has 1 heterocycles. The van der Waals surface area contributed by atoms with E-state index in [-0.39, 0.29) is 6.79 Å². The van der Waals surface area contributed by atoms with Crippen molar-refractivity contribution in [1.82, 2.24) is 0 Å². The molecule has 21 heavy (non-hydrogen) atoms. The summed E-state index contributed by atoms with van der Waals surface area (Å²) in [7, 11) is 1.67. The summed E-state index contributed by atoms with van der Waals surface area (Å²) in [6.07, 6.45) is 0. The minimum Gasteiger partial charge on any atom is -0.496 e. The lowest BCUT2D eigenvalue weighted by Gasteiger charge is -2.13. The van der Waals surface area contributed by atoms with Gasteiger partial charge in [-0.2, -0.15) is 0 Å². The zero-order valence-corrected chi connectivity index (χ0v) is 12.7. The van der Waals surface area contributed by atoms with Crippen molar-refractivity contribution in [2.75, 3.05) is 19.2 Å². The number of anilines is 1. The molecule has 0 saturated carbocycles. The van der Waals surface area contributed by atoms with E-state index in [0.717, 1.165) is 17.0 Å². The summed E-state index contributed by atoms with van der Waals surface area (Å²) in [5.41, 5.74) is 3.07. The molecule has 1 aliphatic rings. The third-order valence-corrected chi connectivity index (χ3v) is 3.68. The Labute approximate surface area is 128 Å². The van der Waals surface area contributed by atoms with Gasteiger partial charge in [-0.15, -0.1) is 0 Å². The number of hydrogen-bond acceptors (Lipinski definition) is 4. The van der Waals surface area contributed by atoms with Crippen LogP contribution in [0.5, 0.6) is 17.2 Å². The first kappa shape index (κ1) is 13.9. The minimum atomic E-state index is 0.237. The lowest BCUT2D eigenvalue weighted by Crippen LogP contribution is -2.02. The van der Waals surface area contributed by atoms with Gasteiger partial charge in [0.15, 0.2) is 11.5 Å². The molecule has 0 unspecified atom stereocenters. The second kappa shape index (κ2) is 5.74. The molecule has 2 aromatic carbocycles. The average Bonchev–Trinajstić information content (AvgIpc) is 2.92. The first-order valence-corrected chi connectivity index (χ1v) is 7.01. The van der Waals surface area contributed by atoms with Gasteiger partial charge >= 0.3 is 0 Å². The first-order chi connectivity index (χ1) is 10.2. The van der Waals surface area contributed by atoms with Crippen LogP contribution in [0.15, 0.2) is 30.3 Å². The van der Waals surface area contributed by atoms with Crippen LogP contribution >= 0.6 is 11.6 Å². The third-order valence-electron chi connectivity index (χ3n) is 3.37. The van der Waals surface area contributed by atoms with Gasteiger partial charge in [-0.25, -0.2) is 0 Å². The maximum Gasteiger partial charge on any atom is 0.231 e. The van der Waals surface area contributed by atoms with E-state index in [4.69, 9.17) is 25.8 Å². The molecule has 0 atom stereocenters. The summed E-state index contributed by atoms with van der Waals surface area (Å²) in [5.74, 6) is 2.24. The number of nitrogens with one attached hydrogen (secondary N) is 1. The van der Waals surface area contributed by atoms with E-state index in [1.54, 1.807) is 13.2 Å². The first-order valence-electron chi connectivity index (χ1n) is 6.64. The standard InChI is InChI=1S/C16H16ClNO3/c1-10-3-4-14(19-2)11(5-10)8-18-13-7-16-15(6-12(13)17)20-9-21-16/h3-7,18H,8-9H2,1-2H3. The highest BCUT2D eigenvalue weighted by Crippen LogP contribution is 2.39. The molecule has 1 N–H and O–H groups in total. The van der Waals surface area contributed by atoms with E-state index in [0.29, 0.717) is 23.1 Å². The van der Waals surface area contributed by atoms with Gasteiger partial charge in [0.2, 0.25) is 6.79 Å². The highest BCUT2D eigenvalue weighted by molar-refractivity contribution is 6.33. The molecule has 0 amide bonds. The van der Waals surface area contributed by atoms with Crippen LogP contribution in [-0.4, -0.2) is 13.9 Å². The van der Waals surface area contributed by atoms with Crippen molar-refractivity contribution in [3.8, 4) is 17.2 Å². The molecule has 0 spiro atoms. The van der Waals surface area contributed by atoms with Crippen LogP contribution in [-0.2, 0) is 6.54 Å². The fourth-order valence-electron chi connectivity index (χ4n) is 2.29. The molecule has 110 valence electrons. The Kier molecular flexibility index (Phi) is 3.80. The Morgan fingerprint density at radius 2 is 1.95 bits per heavy atom. The number of ether oxygens (including phenoxy) is 3. The van der Waals surface area contributed by atoms with Crippen molar-refractivity contribution >= 4 is 17.3 Å². The van der Waals surface area contributed by atoms with Gasteiger partial charge in [-0.05, 0) is 13.0 Å². The highest BCUT2D eigenvalue weighted by atomic mass is 35.5. The topological polar surface area (TPSA) is 39.7 Å². The SMILES string of the molecule is COc1ccc(C)cc1CNc1cc2c(cc1Cl)OCO2. The van der Waals surface area contributed by atoms with Gasteiger partial charge < -0.3 is 19.5 Å². The Hall–Kier alpha value is -2.07. The van der Waals surface area contributed by atoms with Gasteiger partial charge in [0.05, 0.1) is 17.8 Å². The minimum absolute atomic E-state index is 0.237. The Morgan fingerprint density at radius 1 is 1.19 bits per heavy atom. The molecule has 0 fully saturated rings. The molecular weight excluding hydrogens is 290 g/mol. The van der Waals surface area contributed by atoms with Crippen LogP contribution in [0, 0.1) is 6.92 Å². The predicted octanol–water partition coefficient (Wildman–Crippen LogP) is 4.00. The van der Waals surface area contributed by atoms with Crippen LogP contribution in [0.25, 0.3) is 0 Å². The molecule has 3 rings (SSSR count). The number of benzene rings is 2. The number of fused-ring (bicyclic) bond motifs is 1. The van der Waals surface area contributed by atoms with Crippen molar-refractivity contribution in [3.63, 3.8) is 0 Å². The average molecular weight is 306 g/mol. The number of halogens is 1. The van der Waals surface area contributed by atoms with E-state index in [2.05, 4.69) is 18.3 Å². The highest BCUT2D eigenvalue weighted by Gasteiger charge is 2.16. The lowest BCUT2D eigenvalue weighted by atomic mass is 10.1. The molecule has 5 heteroatoms. The summed E-state index contributed by atoms with van der Waals surface area (Å²) in [6.45, 7) is 2.90. The molecule has 0 aliphatic carbocycles. The maximum absolute atomic E-state index is 6.25. The number of rotatable bonds is 4. The van der Waals surface area contributed by atoms with Gasteiger partial charge in [0.25, 0.3) is 0 Å². The summed E-state index contributed by atoms with van der Waals surface area (Å²) in [6, 6.07) is 9.70. The lowest BCUT2D eigenvalue weighted by molar-refractivity contribution is 0.174. The Bertz CT molecular complexity index is 673. The zero-order valence-electron chi connectivity index (χ0n) is 11.9. The maximum atomic E-state index is 6.25. The Balaban J connectivity index is 1.81. The number of methoxy groups -OCH3 is 1. The fraction of sp³-hybridized carbons (Fsp3) is 0.250. The summed E-state index contributed by atoms with van der Waals surface area (Å²) in [4.78, 5) is 0. The fourth-order valence-corrected chi connectivity index (χ4v) is 2.51. The molecule has 0 aromatic heterocycles. The predicted molar refractivity (Wildman–Crippen MR) is 82.6 cm³/mol. The molecule has 0 radical (unpaired) electrons. The Morgan fingerprint density at radius 3 is 2.71 bits per heavy atom. The van der Waals surface area contributed by atoms with Gasteiger partial charge in [0, 0.05) is 24.2 Å². The summed E-state index contributed by atoms with van der Waals surface area (Å²) >= 11 is 6.25. The molecule has 0 bridgehead atoms. The van der Waals surface area contributed by atoms with Gasteiger partial charge in [-0.1, -0.05) is 29.3 Å². The van der Waals surface area contributed by atoms with E-state index < -0.39 is 0 Å². The van der Waals surface area contributed by atoms with Crippen molar-refractivity contribution in [2.24, 2.45) is 0 Å². The largest absolute Gasteiger partial charge is 0.496 e. The summed E-state index contributed by atoms with van der Waals surface area (Å²) in [5, 5.41) is 3.92. The molecule has 2 aromatic rings. The third kappa shape index (κ3) is 2.85. The molecular formula is C16H16ClNO3. The molecule has 0 saturated heterocycles. The van der Waals surface area contributed by atoms with Crippen LogP contribution in [0.1, 0.15) is 11.1 Å². The van der Waals surface area contributed by atoms with Crippen LogP contribution in [0.2, 0.25) is 5.02 Å².